The number of aromatic nitrogens is 4. The Bertz CT molecular complexity index is 1020. The molecule has 0 bridgehead atoms. The fourth-order valence-electron chi connectivity index (χ4n) is 3.23. The second kappa shape index (κ2) is 9.21. The van der Waals surface area contributed by atoms with Crippen LogP contribution in [0.5, 0.6) is 5.75 Å². The molecule has 30 heavy (non-hydrogen) atoms. The average Bonchev–Trinajstić information content (AvgIpc) is 3.34. The summed E-state index contributed by atoms with van der Waals surface area (Å²) in [5.41, 5.74) is 0.620. The number of nitrogens with zero attached hydrogens (tertiary/aromatic N) is 5. The van der Waals surface area contributed by atoms with Crippen LogP contribution in [-0.4, -0.2) is 43.7 Å². The Morgan fingerprint density at radius 2 is 1.97 bits per heavy atom. The number of amides is 1. The third-order valence-corrected chi connectivity index (χ3v) is 5.61. The van der Waals surface area contributed by atoms with Crippen molar-refractivity contribution < 1.29 is 18.3 Å². The van der Waals surface area contributed by atoms with Crippen LogP contribution in [0.25, 0.3) is 5.82 Å². The fraction of sp³-hybridized carbons (Fsp3) is 0.300. The predicted octanol–water partition coefficient (Wildman–Crippen LogP) is 3.68. The highest BCUT2D eigenvalue weighted by Gasteiger charge is 2.24. The van der Waals surface area contributed by atoms with Crippen molar-refractivity contribution >= 4 is 17.7 Å². The van der Waals surface area contributed by atoms with Crippen molar-refractivity contribution in [1.29, 1.82) is 0 Å². The van der Waals surface area contributed by atoms with Crippen LogP contribution < -0.4 is 4.74 Å². The molecular weight excluding hydrogens is 412 g/mol. The van der Waals surface area contributed by atoms with E-state index in [4.69, 9.17) is 0 Å². The van der Waals surface area contributed by atoms with Gasteiger partial charge in [-0.1, -0.05) is 36.0 Å². The maximum atomic E-state index is 12.7. The quantitative estimate of drug-likeness (QED) is 0.507. The summed E-state index contributed by atoms with van der Waals surface area (Å²) < 4.78 is 31.8. The number of hydrogen-bond acceptors (Lipinski definition) is 6. The van der Waals surface area contributed by atoms with Gasteiger partial charge in [-0.3, -0.25) is 9.36 Å². The van der Waals surface area contributed by atoms with Gasteiger partial charge in [-0.05, 0) is 24.6 Å². The molecule has 1 aromatic carbocycles. The van der Waals surface area contributed by atoms with Gasteiger partial charge >= 0.3 is 6.61 Å². The summed E-state index contributed by atoms with van der Waals surface area (Å²) in [5.74, 6) is 1.81. The number of pyridine rings is 1. The number of ether oxygens (including phenoxy) is 1. The highest BCUT2D eigenvalue weighted by molar-refractivity contribution is 7.98. The van der Waals surface area contributed by atoms with Gasteiger partial charge in [0.1, 0.15) is 11.6 Å². The lowest BCUT2D eigenvalue weighted by molar-refractivity contribution is -0.128. The molecule has 0 aliphatic carbocycles. The monoisotopic (exact) mass is 431 g/mol. The van der Waals surface area contributed by atoms with Crippen LogP contribution in [0.3, 0.4) is 0 Å². The normalized spacial score (nSPS) is 14.0. The molecule has 4 rings (SSSR count). The molecule has 10 heteroatoms. The van der Waals surface area contributed by atoms with E-state index in [2.05, 4.69) is 19.9 Å². The summed E-state index contributed by atoms with van der Waals surface area (Å²) in [5, 5.41) is 9.11. The first-order valence-corrected chi connectivity index (χ1v) is 10.4. The number of likely N-dealkylation sites (tertiary alicyclic amines) is 1. The third kappa shape index (κ3) is 4.59. The van der Waals surface area contributed by atoms with Crippen molar-refractivity contribution in [2.45, 2.75) is 36.9 Å². The number of alkyl halides is 2. The van der Waals surface area contributed by atoms with Crippen LogP contribution >= 0.6 is 11.8 Å². The topological polar surface area (TPSA) is 73.1 Å². The number of thioether (sulfide) groups is 1. The molecule has 2 aromatic heterocycles. The van der Waals surface area contributed by atoms with Crippen LogP contribution in [0.1, 0.15) is 24.2 Å². The van der Waals surface area contributed by atoms with E-state index in [-0.39, 0.29) is 11.7 Å². The van der Waals surface area contributed by atoms with Gasteiger partial charge < -0.3 is 9.64 Å². The van der Waals surface area contributed by atoms with E-state index in [1.807, 2.05) is 18.2 Å². The van der Waals surface area contributed by atoms with E-state index in [0.717, 1.165) is 6.42 Å². The summed E-state index contributed by atoms with van der Waals surface area (Å²) in [6.45, 7) is -1.86. The van der Waals surface area contributed by atoms with Gasteiger partial charge in [-0.2, -0.15) is 8.78 Å². The number of halogens is 2. The lowest BCUT2D eigenvalue weighted by Crippen LogP contribution is -2.25. The minimum atomic E-state index is -2.89. The first kappa shape index (κ1) is 20.3. The second-order valence-electron chi connectivity index (χ2n) is 6.62. The molecule has 7 nitrogen and oxygen atoms in total. The van der Waals surface area contributed by atoms with Gasteiger partial charge in [0, 0.05) is 30.5 Å². The van der Waals surface area contributed by atoms with E-state index in [1.165, 1.54) is 17.8 Å². The Hall–Kier alpha value is -3.01. The molecule has 3 aromatic rings. The number of para-hydroxylation sites is 1. The van der Waals surface area contributed by atoms with Gasteiger partial charge in [-0.25, -0.2) is 4.98 Å². The zero-order valence-electron chi connectivity index (χ0n) is 15.9. The van der Waals surface area contributed by atoms with Crippen LogP contribution in [0.4, 0.5) is 8.78 Å². The molecule has 1 aliphatic heterocycles. The molecule has 0 saturated carbocycles. The molecule has 156 valence electrons. The van der Waals surface area contributed by atoms with Gasteiger partial charge in [0.05, 0.1) is 6.54 Å². The Morgan fingerprint density at radius 1 is 1.13 bits per heavy atom. The predicted molar refractivity (Wildman–Crippen MR) is 106 cm³/mol. The molecule has 1 amide bonds. The average molecular weight is 431 g/mol. The molecule has 0 atom stereocenters. The third-order valence-electron chi connectivity index (χ3n) is 4.63. The summed E-state index contributed by atoms with van der Waals surface area (Å²) in [4.78, 5) is 18.2. The summed E-state index contributed by atoms with van der Waals surface area (Å²) in [6.07, 6.45) is 3.04. The Labute approximate surface area is 176 Å². The molecule has 1 fully saturated rings. The van der Waals surface area contributed by atoms with E-state index < -0.39 is 6.61 Å². The zero-order chi connectivity index (χ0) is 20.9. The summed E-state index contributed by atoms with van der Waals surface area (Å²) in [6, 6.07) is 12.1. The molecule has 1 saturated heterocycles. The van der Waals surface area contributed by atoms with E-state index in [9.17, 15) is 13.6 Å². The fourth-order valence-corrected chi connectivity index (χ4v) is 4.18. The summed E-state index contributed by atoms with van der Waals surface area (Å²) >= 11 is 1.34. The van der Waals surface area contributed by atoms with E-state index >= 15 is 0 Å². The number of carbonyl (C=O) groups is 1. The van der Waals surface area contributed by atoms with Gasteiger partial charge in [0.2, 0.25) is 5.91 Å². The van der Waals surface area contributed by atoms with Crippen LogP contribution in [0.15, 0.2) is 53.8 Å². The molecule has 1 aliphatic rings. The first-order valence-electron chi connectivity index (χ1n) is 9.41. The van der Waals surface area contributed by atoms with Crippen molar-refractivity contribution in [2.24, 2.45) is 0 Å². The largest absolute Gasteiger partial charge is 0.435 e. The number of hydrogen-bond donors (Lipinski definition) is 0. The number of carbonyl (C=O) groups excluding carboxylic acids is 1. The van der Waals surface area contributed by atoms with E-state index in [1.54, 1.807) is 33.9 Å². The van der Waals surface area contributed by atoms with Crippen molar-refractivity contribution in [1.82, 2.24) is 24.6 Å². The number of rotatable bonds is 8. The van der Waals surface area contributed by atoms with Crippen LogP contribution in [-0.2, 0) is 17.1 Å². The second-order valence-corrected chi connectivity index (χ2v) is 7.56. The smallest absolute Gasteiger partial charge is 0.387 e. The zero-order valence-corrected chi connectivity index (χ0v) is 16.8. The lowest BCUT2D eigenvalue weighted by Gasteiger charge is -2.16. The molecule has 3 heterocycles. The first-order chi connectivity index (χ1) is 14.6. The maximum Gasteiger partial charge on any atom is 0.387 e. The highest BCUT2D eigenvalue weighted by atomic mass is 32.2. The van der Waals surface area contributed by atoms with Crippen LogP contribution in [0.2, 0.25) is 0 Å². The Morgan fingerprint density at radius 3 is 2.70 bits per heavy atom. The minimum absolute atomic E-state index is 0.0952. The minimum Gasteiger partial charge on any atom is -0.435 e. The van der Waals surface area contributed by atoms with Crippen molar-refractivity contribution in [3.05, 3.63) is 60.0 Å². The molecular formula is C20H19F2N5O2S. The molecule has 0 spiro atoms. The SMILES string of the molecule is O=C1CCCN1Cc1nnc(SCc2ccccc2OC(F)F)n1-c1ccccn1. The molecule has 0 radical (unpaired) electrons. The summed E-state index contributed by atoms with van der Waals surface area (Å²) in [7, 11) is 0. The molecule has 0 unspecified atom stereocenters. The Kier molecular flexibility index (Phi) is 6.22. The van der Waals surface area contributed by atoms with E-state index in [0.29, 0.717) is 47.6 Å². The van der Waals surface area contributed by atoms with Gasteiger partial charge in [-0.15, -0.1) is 10.2 Å². The van der Waals surface area contributed by atoms with Crippen molar-refractivity contribution in [2.75, 3.05) is 6.54 Å². The van der Waals surface area contributed by atoms with Crippen LogP contribution in [0, 0.1) is 0 Å². The standard InChI is InChI=1S/C20H19F2N5O2S/c21-19(22)29-15-7-2-1-6-14(15)13-30-20-25-24-17(12-26-11-5-9-18(26)28)27(20)16-8-3-4-10-23-16/h1-4,6-8,10,19H,5,9,11-13H2. The highest BCUT2D eigenvalue weighted by Crippen LogP contribution is 2.30. The maximum absolute atomic E-state index is 12.7. The van der Waals surface area contributed by atoms with Gasteiger partial charge in [0.15, 0.2) is 11.0 Å². The van der Waals surface area contributed by atoms with Crippen molar-refractivity contribution in [3.63, 3.8) is 0 Å². The number of benzene rings is 1. The lowest BCUT2D eigenvalue weighted by atomic mass is 10.2. The molecule has 0 N–H and O–H groups in total. The Balaban J connectivity index is 1.60. The van der Waals surface area contributed by atoms with Gasteiger partial charge in [0.25, 0.3) is 0 Å². The van der Waals surface area contributed by atoms with Crippen molar-refractivity contribution in [3.8, 4) is 11.6 Å².